The number of benzene rings is 2. The van der Waals surface area contributed by atoms with Crippen LogP contribution in [0.3, 0.4) is 0 Å². The van der Waals surface area contributed by atoms with Crippen LogP contribution in [0, 0.1) is 21.3 Å². The maximum atomic E-state index is 13.8. The van der Waals surface area contributed by atoms with Crippen molar-refractivity contribution in [2.75, 3.05) is 13.7 Å². The van der Waals surface area contributed by atoms with Gasteiger partial charge in [-0.15, -0.1) is 0 Å². The number of ether oxygens (including phenoxy) is 2. The van der Waals surface area contributed by atoms with Crippen LogP contribution in [0.25, 0.3) is 11.6 Å². The van der Waals surface area contributed by atoms with E-state index in [9.17, 15) is 14.7 Å². The molecule has 7 heteroatoms. The van der Waals surface area contributed by atoms with Crippen LogP contribution >= 0.6 is 22.6 Å². The highest BCUT2D eigenvalue weighted by Gasteiger charge is 2.57. The third-order valence-corrected chi connectivity index (χ3v) is 10.7. The van der Waals surface area contributed by atoms with Crippen molar-refractivity contribution in [1.29, 1.82) is 0 Å². The van der Waals surface area contributed by atoms with Gasteiger partial charge in [0.25, 0.3) is 0 Å². The minimum Gasteiger partial charge on any atom is -0.504 e. The zero-order valence-corrected chi connectivity index (χ0v) is 26.6. The molecule has 1 saturated carbocycles. The number of carbonyl (C=O) groups excluding carboxylic acids is 2. The highest BCUT2D eigenvalue weighted by molar-refractivity contribution is 14.1. The summed E-state index contributed by atoms with van der Waals surface area (Å²) < 4.78 is 12.6. The van der Waals surface area contributed by atoms with Gasteiger partial charge in [0.15, 0.2) is 11.5 Å². The lowest BCUT2D eigenvalue weighted by Gasteiger charge is -2.31. The first kappa shape index (κ1) is 29.4. The number of aromatic hydroxyl groups is 1. The molecule has 0 bridgehead atoms. The zero-order chi connectivity index (χ0) is 29.4. The number of phenols is 1. The molecule has 0 radical (unpaired) electrons. The number of hydrogen-bond donors (Lipinski definition) is 1. The third-order valence-electron chi connectivity index (χ3n) is 9.84. The van der Waals surface area contributed by atoms with E-state index in [1.807, 2.05) is 30.3 Å². The molecule has 2 amide bonds. The first-order valence-corrected chi connectivity index (χ1v) is 16.5. The van der Waals surface area contributed by atoms with Crippen LogP contribution in [-0.4, -0.2) is 47.7 Å². The number of likely N-dealkylation sites (tertiary alicyclic amines) is 1. The van der Waals surface area contributed by atoms with E-state index in [0.717, 1.165) is 59.6 Å². The Morgan fingerprint density at radius 3 is 2.57 bits per heavy atom. The van der Waals surface area contributed by atoms with Gasteiger partial charge < -0.3 is 14.6 Å². The number of allylic oxidation sites excluding steroid dienone is 2. The smallest absolute Gasteiger partial charge is 0.234 e. The highest BCUT2D eigenvalue weighted by atomic mass is 127. The van der Waals surface area contributed by atoms with E-state index in [1.54, 1.807) is 12.0 Å². The molecule has 2 heterocycles. The predicted molar refractivity (Wildman–Crippen MR) is 172 cm³/mol. The Balaban J connectivity index is 1.26. The maximum absolute atomic E-state index is 13.8. The summed E-state index contributed by atoms with van der Waals surface area (Å²) in [7, 11) is 1.56. The Morgan fingerprint density at radius 1 is 1.10 bits per heavy atom. The summed E-state index contributed by atoms with van der Waals surface area (Å²) in [5, 5.41) is 10.3. The molecule has 0 aromatic heterocycles. The molecule has 2 aliphatic heterocycles. The number of carbonyl (C=O) groups is 2. The van der Waals surface area contributed by atoms with E-state index in [2.05, 4.69) is 47.7 Å². The van der Waals surface area contributed by atoms with Crippen molar-refractivity contribution >= 4 is 46.1 Å². The highest BCUT2D eigenvalue weighted by Crippen LogP contribution is 2.51. The van der Waals surface area contributed by atoms with E-state index < -0.39 is 0 Å². The Morgan fingerprint density at radius 2 is 1.86 bits per heavy atom. The van der Waals surface area contributed by atoms with Gasteiger partial charge in [-0.2, -0.15) is 0 Å². The average molecular weight is 682 g/mol. The van der Waals surface area contributed by atoms with E-state index in [1.165, 1.54) is 23.1 Å². The molecule has 2 aromatic carbocycles. The van der Waals surface area contributed by atoms with Gasteiger partial charge in [-0.3, -0.25) is 14.5 Å². The number of nitrogens with zero attached hydrogens (tertiary/aromatic N) is 1. The summed E-state index contributed by atoms with van der Waals surface area (Å²) in [5.74, 6) is 0.232. The molecular formula is C35H40INO5. The Bertz CT molecular complexity index is 1410. The molecule has 4 atom stereocenters. The summed E-state index contributed by atoms with van der Waals surface area (Å²) in [6.45, 7) is 2.68. The molecule has 222 valence electrons. The van der Waals surface area contributed by atoms with Gasteiger partial charge in [0, 0.05) is 12.0 Å². The van der Waals surface area contributed by atoms with Crippen LogP contribution in [0.1, 0.15) is 75.8 Å². The van der Waals surface area contributed by atoms with Gasteiger partial charge in [0.2, 0.25) is 11.8 Å². The van der Waals surface area contributed by atoms with Crippen LogP contribution in [0.2, 0.25) is 0 Å². The second kappa shape index (κ2) is 12.5. The number of halogens is 1. The van der Waals surface area contributed by atoms with Crippen LogP contribution < -0.4 is 4.74 Å². The molecule has 1 N–H and O–H groups in total. The van der Waals surface area contributed by atoms with E-state index in [0.29, 0.717) is 18.8 Å². The molecule has 2 aromatic rings. The summed E-state index contributed by atoms with van der Waals surface area (Å²) >= 11 is 2.13. The SMILES string of the molecule is CCC1=C2[C@@H](CC/C(=C/c3cc(I)c(O)c(OC)c3)c3ccccc3)OC[C@@H]2[C@@H]2C(=O)N(C3CCCCC3)C(=O)[C@@H]2C1. The molecule has 6 nitrogen and oxygen atoms in total. The Hall–Kier alpha value is -2.65. The number of amides is 2. The second-order valence-corrected chi connectivity index (χ2v) is 13.3. The Kier molecular flexibility index (Phi) is 8.78. The van der Waals surface area contributed by atoms with Crippen molar-refractivity contribution in [3.63, 3.8) is 0 Å². The van der Waals surface area contributed by atoms with Gasteiger partial charge in [0.05, 0.1) is 35.2 Å². The van der Waals surface area contributed by atoms with Crippen LogP contribution in [-0.2, 0) is 14.3 Å². The fraction of sp³-hybridized carbons (Fsp3) is 0.486. The fourth-order valence-corrected chi connectivity index (χ4v) is 8.43. The number of imide groups is 1. The summed E-state index contributed by atoms with van der Waals surface area (Å²) in [5.41, 5.74) is 5.89. The fourth-order valence-electron chi connectivity index (χ4n) is 7.81. The molecule has 0 unspecified atom stereocenters. The lowest BCUT2D eigenvalue weighted by Crippen LogP contribution is -2.42. The second-order valence-electron chi connectivity index (χ2n) is 12.1. The van der Waals surface area contributed by atoms with Crippen molar-refractivity contribution in [3.8, 4) is 11.5 Å². The van der Waals surface area contributed by atoms with Gasteiger partial charge >= 0.3 is 0 Å². The standard InChI is InChI=1S/C35H40INO5/c1-3-22-19-26-32(35(40)37(34(26)39)25-12-8-5-9-13-25)27-20-42-29(31(22)27)15-14-24(23-10-6-4-7-11-23)16-21-17-28(36)33(38)30(18-21)41-2/h4,6-7,10-11,16-18,25-27,29,32,38H,3,5,8-9,12-15,19-20H2,1-2H3/b24-16-/t26-,27+,29-,32-/m1/s1. The van der Waals surface area contributed by atoms with E-state index >= 15 is 0 Å². The molecule has 2 saturated heterocycles. The predicted octanol–water partition coefficient (Wildman–Crippen LogP) is 7.39. The maximum Gasteiger partial charge on any atom is 0.234 e. The van der Waals surface area contributed by atoms with Gasteiger partial charge in [0.1, 0.15) is 0 Å². The molecular weight excluding hydrogens is 641 g/mol. The molecule has 3 fully saturated rings. The van der Waals surface area contributed by atoms with Gasteiger partial charge in [-0.05, 0) is 95.5 Å². The van der Waals surface area contributed by atoms with Gasteiger partial charge in [-0.25, -0.2) is 0 Å². The number of hydrogen-bond acceptors (Lipinski definition) is 5. The number of phenolic OH excluding ortho intramolecular Hbond substituents is 1. The minimum atomic E-state index is -0.273. The Labute approximate surface area is 262 Å². The van der Waals surface area contributed by atoms with Gasteiger partial charge in [-0.1, -0.05) is 68.2 Å². The molecule has 0 spiro atoms. The van der Waals surface area contributed by atoms with E-state index in [4.69, 9.17) is 9.47 Å². The van der Waals surface area contributed by atoms with Crippen molar-refractivity contribution in [3.05, 3.63) is 68.3 Å². The van der Waals surface area contributed by atoms with Crippen LogP contribution in [0.5, 0.6) is 11.5 Å². The normalized spacial score (nSPS) is 26.5. The third kappa shape index (κ3) is 5.43. The van der Waals surface area contributed by atoms with Crippen LogP contribution in [0.15, 0.2) is 53.6 Å². The van der Waals surface area contributed by atoms with Crippen molar-refractivity contribution < 1.29 is 24.2 Å². The largest absolute Gasteiger partial charge is 0.504 e. The molecule has 2 aliphatic carbocycles. The quantitative estimate of drug-likeness (QED) is 0.136. The molecule has 4 aliphatic rings. The lowest BCUT2D eigenvalue weighted by atomic mass is 9.69. The molecule has 6 rings (SSSR count). The van der Waals surface area contributed by atoms with Crippen molar-refractivity contribution in [1.82, 2.24) is 4.90 Å². The minimum absolute atomic E-state index is 0.000772. The first-order chi connectivity index (χ1) is 20.4. The number of methoxy groups -OCH3 is 1. The van der Waals surface area contributed by atoms with E-state index in [-0.39, 0.29) is 47.5 Å². The molecule has 42 heavy (non-hydrogen) atoms. The summed E-state index contributed by atoms with van der Waals surface area (Å²) in [4.78, 5) is 29.1. The number of rotatable bonds is 8. The summed E-state index contributed by atoms with van der Waals surface area (Å²) in [6.07, 6.45) is 10.6. The number of fused-ring (bicyclic) bond motifs is 3. The zero-order valence-electron chi connectivity index (χ0n) is 24.5. The van der Waals surface area contributed by atoms with Crippen LogP contribution in [0.4, 0.5) is 0 Å². The lowest BCUT2D eigenvalue weighted by molar-refractivity contribution is -0.143. The monoisotopic (exact) mass is 681 g/mol. The first-order valence-electron chi connectivity index (χ1n) is 15.4. The average Bonchev–Trinajstić information content (AvgIpc) is 3.55. The summed E-state index contributed by atoms with van der Waals surface area (Å²) in [6, 6.07) is 14.3. The van der Waals surface area contributed by atoms with Crippen molar-refractivity contribution in [2.45, 2.75) is 76.9 Å². The topological polar surface area (TPSA) is 76.1 Å². The van der Waals surface area contributed by atoms with Crippen molar-refractivity contribution in [2.24, 2.45) is 17.8 Å².